The van der Waals surface area contributed by atoms with Crippen molar-refractivity contribution in [2.24, 2.45) is 5.92 Å². The summed E-state index contributed by atoms with van der Waals surface area (Å²) in [5, 5.41) is 4.42. The van der Waals surface area contributed by atoms with Gasteiger partial charge in [0.25, 0.3) is 0 Å². The Hall–Kier alpha value is -0.770. The van der Waals surface area contributed by atoms with Crippen LogP contribution in [0.5, 0.6) is 5.75 Å². The molecule has 1 aromatic carbocycles. The molecule has 2 fully saturated rings. The quantitative estimate of drug-likeness (QED) is 0.873. The van der Waals surface area contributed by atoms with Crippen LogP contribution >= 0.6 is 11.6 Å². The third-order valence-electron chi connectivity index (χ3n) is 4.82. The summed E-state index contributed by atoms with van der Waals surface area (Å²) in [6.07, 6.45) is 5.50. The zero-order chi connectivity index (χ0) is 14.8. The van der Waals surface area contributed by atoms with Crippen LogP contribution in [0, 0.1) is 5.92 Å². The van der Waals surface area contributed by atoms with Crippen LogP contribution in [0.1, 0.15) is 31.7 Å². The molecule has 0 spiro atoms. The van der Waals surface area contributed by atoms with E-state index in [-0.39, 0.29) is 0 Å². The minimum absolute atomic E-state index is 0.428. The van der Waals surface area contributed by atoms with Crippen LogP contribution in [0.25, 0.3) is 0 Å². The zero-order valence-corrected chi connectivity index (χ0v) is 13.5. The SMILES string of the molecule is CCNC(Cc1cc(Cl)ccc1OC)C1CC2CCC1O2. The molecule has 0 saturated carbocycles. The van der Waals surface area contributed by atoms with E-state index in [4.69, 9.17) is 21.1 Å². The van der Waals surface area contributed by atoms with Gasteiger partial charge in [-0.2, -0.15) is 0 Å². The molecular formula is C17H24ClNO2. The summed E-state index contributed by atoms with van der Waals surface area (Å²) in [5.41, 5.74) is 1.18. The van der Waals surface area contributed by atoms with Crippen molar-refractivity contribution in [3.05, 3.63) is 28.8 Å². The molecule has 4 heteroatoms. The molecule has 3 rings (SSSR count). The molecule has 0 amide bonds. The van der Waals surface area contributed by atoms with Crippen LogP contribution < -0.4 is 10.1 Å². The van der Waals surface area contributed by atoms with Crippen molar-refractivity contribution >= 4 is 11.6 Å². The second kappa shape index (κ2) is 6.55. The van der Waals surface area contributed by atoms with Crippen LogP contribution in [0.2, 0.25) is 5.02 Å². The van der Waals surface area contributed by atoms with E-state index in [1.54, 1.807) is 7.11 Å². The molecule has 2 bridgehead atoms. The number of fused-ring (bicyclic) bond motifs is 2. The molecule has 0 radical (unpaired) electrons. The molecule has 0 aliphatic carbocycles. The van der Waals surface area contributed by atoms with E-state index in [1.165, 1.54) is 24.8 Å². The second-order valence-corrected chi connectivity index (χ2v) is 6.53. The number of halogens is 1. The number of ether oxygens (including phenoxy) is 2. The maximum Gasteiger partial charge on any atom is 0.122 e. The number of hydrogen-bond acceptors (Lipinski definition) is 3. The van der Waals surface area contributed by atoms with Crippen molar-refractivity contribution in [1.82, 2.24) is 5.32 Å². The highest BCUT2D eigenvalue weighted by Crippen LogP contribution is 2.41. The molecule has 2 aliphatic rings. The van der Waals surface area contributed by atoms with Crippen LogP contribution in [0.3, 0.4) is 0 Å². The van der Waals surface area contributed by atoms with Crippen molar-refractivity contribution in [2.75, 3.05) is 13.7 Å². The largest absolute Gasteiger partial charge is 0.496 e. The Labute approximate surface area is 132 Å². The second-order valence-electron chi connectivity index (χ2n) is 6.10. The molecule has 1 N–H and O–H groups in total. The molecule has 4 unspecified atom stereocenters. The number of rotatable bonds is 6. The first-order chi connectivity index (χ1) is 10.2. The Morgan fingerprint density at radius 3 is 2.90 bits per heavy atom. The average molecular weight is 310 g/mol. The van der Waals surface area contributed by atoms with Crippen LogP contribution in [0.4, 0.5) is 0 Å². The van der Waals surface area contributed by atoms with Gasteiger partial charge in [0.1, 0.15) is 5.75 Å². The summed E-state index contributed by atoms with van der Waals surface area (Å²) < 4.78 is 11.5. The van der Waals surface area contributed by atoms with E-state index in [1.807, 2.05) is 18.2 Å². The van der Waals surface area contributed by atoms with E-state index >= 15 is 0 Å². The van der Waals surface area contributed by atoms with Crippen molar-refractivity contribution in [3.8, 4) is 5.75 Å². The topological polar surface area (TPSA) is 30.5 Å². The fourth-order valence-electron chi connectivity index (χ4n) is 3.88. The predicted molar refractivity (Wildman–Crippen MR) is 85.2 cm³/mol. The number of nitrogens with one attached hydrogen (secondary N) is 1. The lowest BCUT2D eigenvalue weighted by Crippen LogP contribution is -2.42. The average Bonchev–Trinajstić information content (AvgIpc) is 3.10. The monoisotopic (exact) mass is 309 g/mol. The van der Waals surface area contributed by atoms with Gasteiger partial charge in [-0.05, 0) is 56.0 Å². The fraction of sp³-hybridized carbons (Fsp3) is 0.647. The maximum absolute atomic E-state index is 6.16. The molecule has 1 aromatic rings. The summed E-state index contributed by atoms with van der Waals surface area (Å²) >= 11 is 6.16. The Morgan fingerprint density at radius 2 is 2.29 bits per heavy atom. The minimum atomic E-state index is 0.428. The summed E-state index contributed by atoms with van der Waals surface area (Å²) in [7, 11) is 1.72. The highest BCUT2D eigenvalue weighted by atomic mass is 35.5. The summed E-state index contributed by atoms with van der Waals surface area (Å²) in [4.78, 5) is 0. The van der Waals surface area contributed by atoms with Crippen molar-refractivity contribution in [1.29, 1.82) is 0 Å². The highest BCUT2D eigenvalue weighted by molar-refractivity contribution is 6.30. The number of likely N-dealkylation sites (N-methyl/N-ethyl adjacent to an activating group) is 1. The molecule has 4 atom stereocenters. The minimum Gasteiger partial charge on any atom is -0.496 e. The standard InChI is InChI=1S/C17H24ClNO2/c1-3-19-15(14-10-13-5-7-17(14)21-13)9-11-8-12(18)4-6-16(11)20-2/h4,6,8,13-15,17,19H,3,5,7,9-10H2,1-2H3. The number of benzene rings is 1. The summed E-state index contributed by atoms with van der Waals surface area (Å²) in [5.74, 6) is 1.53. The van der Waals surface area contributed by atoms with E-state index < -0.39 is 0 Å². The van der Waals surface area contributed by atoms with Gasteiger partial charge in [-0.25, -0.2) is 0 Å². The molecule has 2 heterocycles. The van der Waals surface area contributed by atoms with Gasteiger partial charge >= 0.3 is 0 Å². The Bertz CT molecular complexity index is 494. The van der Waals surface area contributed by atoms with Gasteiger partial charge < -0.3 is 14.8 Å². The Morgan fingerprint density at radius 1 is 1.43 bits per heavy atom. The van der Waals surface area contributed by atoms with Gasteiger partial charge in [0, 0.05) is 17.0 Å². The lowest BCUT2D eigenvalue weighted by atomic mass is 9.81. The first kappa shape index (κ1) is 15.1. The normalized spacial score (nSPS) is 28.8. The number of hydrogen-bond donors (Lipinski definition) is 1. The number of methoxy groups -OCH3 is 1. The van der Waals surface area contributed by atoms with Crippen molar-refractivity contribution in [3.63, 3.8) is 0 Å². The van der Waals surface area contributed by atoms with Crippen LogP contribution in [-0.2, 0) is 11.2 Å². The third kappa shape index (κ3) is 3.20. The first-order valence-corrected chi connectivity index (χ1v) is 8.30. The Balaban J connectivity index is 1.77. The Kier molecular flexibility index (Phi) is 4.72. The van der Waals surface area contributed by atoms with Crippen molar-refractivity contribution < 1.29 is 9.47 Å². The maximum atomic E-state index is 6.16. The van der Waals surface area contributed by atoms with Gasteiger partial charge in [-0.1, -0.05) is 18.5 Å². The molecule has 3 nitrogen and oxygen atoms in total. The summed E-state index contributed by atoms with van der Waals surface area (Å²) in [6, 6.07) is 6.29. The molecule has 2 saturated heterocycles. The van der Waals surface area contributed by atoms with E-state index in [0.717, 1.165) is 23.7 Å². The summed E-state index contributed by atoms with van der Waals surface area (Å²) in [6.45, 7) is 3.14. The lowest BCUT2D eigenvalue weighted by Gasteiger charge is -2.29. The fourth-order valence-corrected chi connectivity index (χ4v) is 4.08. The molecule has 0 aromatic heterocycles. The predicted octanol–water partition coefficient (Wildman–Crippen LogP) is 3.44. The van der Waals surface area contributed by atoms with E-state index in [0.29, 0.717) is 24.2 Å². The van der Waals surface area contributed by atoms with Gasteiger partial charge in [0.15, 0.2) is 0 Å². The molecule has 21 heavy (non-hydrogen) atoms. The first-order valence-electron chi connectivity index (χ1n) is 7.92. The van der Waals surface area contributed by atoms with Crippen molar-refractivity contribution in [2.45, 2.75) is 50.9 Å². The lowest BCUT2D eigenvalue weighted by molar-refractivity contribution is 0.0858. The van der Waals surface area contributed by atoms with Crippen LogP contribution in [0.15, 0.2) is 18.2 Å². The smallest absolute Gasteiger partial charge is 0.122 e. The van der Waals surface area contributed by atoms with E-state index in [2.05, 4.69) is 12.2 Å². The highest BCUT2D eigenvalue weighted by Gasteiger charge is 2.44. The van der Waals surface area contributed by atoms with Gasteiger partial charge in [-0.15, -0.1) is 0 Å². The van der Waals surface area contributed by atoms with Crippen LogP contribution in [-0.4, -0.2) is 31.9 Å². The molecule has 2 aliphatic heterocycles. The van der Waals surface area contributed by atoms with Gasteiger partial charge in [0.05, 0.1) is 19.3 Å². The molecular weight excluding hydrogens is 286 g/mol. The molecule has 116 valence electrons. The third-order valence-corrected chi connectivity index (χ3v) is 5.05. The zero-order valence-electron chi connectivity index (χ0n) is 12.8. The van der Waals surface area contributed by atoms with Gasteiger partial charge in [0.2, 0.25) is 0 Å². The van der Waals surface area contributed by atoms with Gasteiger partial charge in [-0.3, -0.25) is 0 Å². The van der Waals surface area contributed by atoms with E-state index in [9.17, 15) is 0 Å².